The summed E-state index contributed by atoms with van der Waals surface area (Å²) in [7, 11) is 1.61. The number of hydrogen-bond donors (Lipinski definition) is 1. The van der Waals surface area contributed by atoms with Gasteiger partial charge in [-0.2, -0.15) is 0 Å². The molecule has 0 radical (unpaired) electrons. The van der Waals surface area contributed by atoms with Gasteiger partial charge in [0.2, 0.25) is 0 Å². The third kappa shape index (κ3) is 9.26. The highest BCUT2D eigenvalue weighted by atomic mass is 79.9. The molecule has 0 saturated carbocycles. The van der Waals surface area contributed by atoms with E-state index in [-0.39, 0.29) is 40.0 Å². The van der Waals surface area contributed by atoms with Crippen molar-refractivity contribution < 1.29 is 27.9 Å². The van der Waals surface area contributed by atoms with Crippen molar-refractivity contribution in [3.05, 3.63) is 117 Å². The van der Waals surface area contributed by atoms with E-state index in [1.807, 2.05) is 24.3 Å². The molecule has 1 heterocycles. The van der Waals surface area contributed by atoms with E-state index in [1.54, 1.807) is 26.2 Å². The number of ether oxygens (including phenoxy) is 3. The summed E-state index contributed by atoms with van der Waals surface area (Å²) in [4.78, 5) is 20.1. The zero-order valence-corrected chi connectivity index (χ0v) is 28.8. The van der Waals surface area contributed by atoms with Crippen LogP contribution in [0.4, 0.5) is 20.2 Å². The number of benzene rings is 4. The SMILES string of the molecule is Br.CCOc1cc(N2CCN(C(=NCc3ccc(OC)cc3)NCc3cc(F)ccc3Oc3ccc(F)c(Cl)c3)CC2)ccc1[N+](=O)[O-]. The van der Waals surface area contributed by atoms with Crippen LogP contribution in [-0.2, 0) is 13.1 Å². The van der Waals surface area contributed by atoms with Crippen LogP contribution in [0.3, 0.4) is 0 Å². The van der Waals surface area contributed by atoms with Gasteiger partial charge in [0.05, 0.1) is 30.2 Å². The van der Waals surface area contributed by atoms with Gasteiger partial charge in [0.15, 0.2) is 11.7 Å². The van der Waals surface area contributed by atoms with Gasteiger partial charge in [-0.25, -0.2) is 13.8 Å². The molecule has 48 heavy (non-hydrogen) atoms. The van der Waals surface area contributed by atoms with Crippen molar-refractivity contribution in [1.82, 2.24) is 10.2 Å². The van der Waals surface area contributed by atoms with Gasteiger partial charge < -0.3 is 29.3 Å². The Hall–Kier alpha value is -4.62. The smallest absolute Gasteiger partial charge is 0.311 e. The summed E-state index contributed by atoms with van der Waals surface area (Å²) >= 11 is 5.93. The van der Waals surface area contributed by atoms with E-state index in [9.17, 15) is 18.9 Å². The molecule has 1 N–H and O–H groups in total. The number of guanidine groups is 1. The van der Waals surface area contributed by atoms with E-state index in [0.717, 1.165) is 17.0 Å². The Morgan fingerprint density at radius 2 is 1.69 bits per heavy atom. The third-order valence-corrected chi connectivity index (χ3v) is 7.82. The van der Waals surface area contributed by atoms with Crippen molar-refractivity contribution in [2.75, 3.05) is 44.8 Å². The predicted molar refractivity (Wildman–Crippen MR) is 187 cm³/mol. The van der Waals surface area contributed by atoms with Crippen molar-refractivity contribution in [2.24, 2.45) is 4.99 Å². The van der Waals surface area contributed by atoms with Crippen molar-refractivity contribution in [2.45, 2.75) is 20.0 Å². The van der Waals surface area contributed by atoms with Crippen LogP contribution in [-0.4, -0.2) is 55.7 Å². The molecule has 1 fully saturated rings. The van der Waals surface area contributed by atoms with Crippen LogP contribution in [0.5, 0.6) is 23.0 Å². The Kier molecular flexibility index (Phi) is 12.8. The molecule has 0 aliphatic carbocycles. The minimum Gasteiger partial charge on any atom is -0.497 e. The molecular weight excluding hydrogens is 712 g/mol. The van der Waals surface area contributed by atoms with Gasteiger partial charge in [0.1, 0.15) is 28.9 Å². The summed E-state index contributed by atoms with van der Waals surface area (Å²) in [5, 5.41) is 14.7. The predicted octanol–water partition coefficient (Wildman–Crippen LogP) is 7.77. The molecule has 10 nitrogen and oxygen atoms in total. The van der Waals surface area contributed by atoms with Gasteiger partial charge in [0.25, 0.3) is 0 Å². The average Bonchev–Trinajstić information content (AvgIpc) is 3.08. The summed E-state index contributed by atoms with van der Waals surface area (Å²) in [6, 6.07) is 20.7. The molecule has 4 aromatic rings. The molecule has 14 heteroatoms. The molecular formula is C34H35BrClF2N5O5. The van der Waals surface area contributed by atoms with Gasteiger partial charge in [-0.3, -0.25) is 10.1 Å². The summed E-state index contributed by atoms with van der Waals surface area (Å²) in [5.41, 5.74) is 2.25. The Balaban J connectivity index is 0.00000520. The quantitative estimate of drug-likeness (QED) is 0.0720. The molecule has 0 bridgehead atoms. The summed E-state index contributed by atoms with van der Waals surface area (Å²) < 4.78 is 44.9. The summed E-state index contributed by atoms with van der Waals surface area (Å²) in [6.45, 7) is 5.08. The van der Waals surface area contributed by atoms with E-state index in [1.165, 1.54) is 42.5 Å². The van der Waals surface area contributed by atoms with Gasteiger partial charge in [0, 0.05) is 62.2 Å². The molecule has 1 saturated heterocycles. The minimum atomic E-state index is -0.568. The van der Waals surface area contributed by atoms with Crippen LogP contribution in [0, 0.1) is 21.7 Å². The number of nitro groups is 1. The second-order valence-corrected chi connectivity index (χ2v) is 11.0. The van der Waals surface area contributed by atoms with Crippen LogP contribution < -0.4 is 24.4 Å². The maximum absolute atomic E-state index is 14.4. The fourth-order valence-electron chi connectivity index (χ4n) is 5.09. The molecule has 5 rings (SSSR count). The molecule has 0 aromatic heterocycles. The van der Waals surface area contributed by atoms with Gasteiger partial charge in [-0.1, -0.05) is 23.7 Å². The average molecular weight is 747 g/mol. The monoisotopic (exact) mass is 745 g/mol. The summed E-state index contributed by atoms with van der Waals surface area (Å²) in [6.07, 6.45) is 0. The number of nitrogens with one attached hydrogen (secondary N) is 1. The number of nitro benzene ring substituents is 1. The van der Waals surface area contributed by atoms with Crippen LogP contribution in [0.1, 0.15) is 18.1 Å². The van der Waals surface area contributed by atoms with Gasteiger partial charge in [-0.05, 0) is 61.0 Å². The molecule has 4 aromatic carbocycles. The van der Waals surface area contributed by atoms with E-state index in [0.29, 0.717) is 62.4 Å². The molecule has 1 aliphatic heterocycles. The molecule has 0 unspecified atom stereocenters. The number of halogens is 4. The van der Waals surface area contributed by atoms with E-state index in [4.69, 9.17) is 30.8 Å². The lowest BCUT2D eigenvalue weighted by molar-refractivity contribution is -0.385. The van der Waals surface area contributed by atoms with E-state index in [2.05, 4.69) is 15.1 Å². The zero-order valence-electron chi connectivity index (χ0n) is 26.3. The zero-order chi connectivity index (χ0) is 33.3. The maximum Gasteiger partial charge on any atom is 0.311 e. The van der Waals surface area contributed by atoms with Crippen LogP contribution in [0.25, 0.3) is 0 Å². The highest BCUT2D eigenvalue weighted by molar-refractivity contribution is 8.93. The first-order chi connectivity index (χ1) is 22.7. The van der Waals surface area contributed by atoms with Crippen molar-refractivity contribution in [3.63, 3.8) is 0 Å². The minimum absolute atomic E-state index is 0. The molecule has 0 spiro atoms. The number of anilines is 1. The van der Waals surface area contributed by atoms with E-state index >= 15 is 0 Å². The molecule has 1 aliphatic rings. The van der Waals surface area contributed by atoms with Crippen molar-refractivity contribution in [3.8, 4) is 23.0 Å². The Morgan fingerprint density at radius 1 is 0.958 bits per heavy atom. The lowest BCUT2D eigenvalue weighted by Crippen LogP contribution is -2.52. The summed E-state index contributed by atoms with van der Waals surface area (Å²) in [5.74, 6) is 1.27. The van der Waals surface area contributed by atoms with Gasteiger partial charge in [-0.15, -0.1) is 17.0 Å². The molecule has 254 valence electrons. The number of piperazine rings is 1. The van der Waals surface area contributed by atoms with Crippen LogP contribution in [0.15, 0.2) is 83.9 Å². The first-order valence-electron chi connectivity index (χ1n) is 15.0. The topological polar surface area (TPSA) is 102 Å². The fraction of sp³-hybridized carbons (Fsp3) is 0.265. The fourth-order valence-corrected chi connectivity index (χ4v) is 5.26. The number of aliphatic imine (C=N–C) groups is 1. The van der Waals surface area contributed by atoms with E-state index < -0.39 is 16.6 Å². The Labute approximate surface area is 292 Å². The van der Waals surface area contributed by atoms with Crippen molar-refractivity contribution in [1.29, 1.82) is 0 Å². The Morgan fingerprint density at radius 3 is 2.35 bits per heavy atom. The maximum atomic E-state index is 14.4. The molecule has 0 atom stereocenters. The standard InChI is InChI=1S/C34H34ClF2N5O5.BrH/c1-3-46-33-19-26(7-12-31(33)42(43)44)40-14-16-41(17-15-40)34(38-21-23-4-8-27(45-2)9-5-23)39-22-24-18-25(36)6-13-32(24)47-28-10-11-30(37)29(35)20-28;/h4-13,18-20H,3,14-17,21-22H2,1-2H3,(H,38,39);1H. The lowest BCUT2D eigenvalue weighted by atomic mass is 10.2. The lowest BCUT2D eigenvalue weighted by Gasteiger charge is -2.38. The number of rotatable bonds is 11. The first kappa shape index (κ1) is 36.2. The number of methoxy groups -OCH3 is 1. The second kappa shape index (κ2) is 17.0. The normalized spacial score (nSPS) is 13.1. The number of hydrogen-bond acceptors (Lipinski definition) is 7. The molecule has 0 amide bonds. The second-order valence-electron chi connectivity index (χ2n) is 10.6. The third-order valence-electron chi connectivity index (χ3n) is 7.53. The Bertz CT molecular complexity index is 1740. The van der Waals surface area contributed by atoms with Crippen LogP contribution >= 0.6 is 28.6 Å². The first-order valence-corrected chi connectivity index (χ1v) is 15.4. The number of nitrogens with zero attached hydrogens (tertiary/aromatic N) is 4. The highest BCUT2D eigenvalue weighted by Gasteiger charge is 2.23. The largest absolute Gasteiger partial charge is 0.497 e. The van der Waals surface area contributed by atoms with Gasteiger partial charge >= 0.3 is 5.69 Å². The van der Waals surface area contributed by atoms with Crippen LogP contribution in [0.2, 0.25) is 5.02 Å². The highest BCUT2D eigenvalue weighted by Crippen LogP contribution is 2.33. The van der Waals surface area contributed by atoms with Crippen molar-refractivity contribution >= 4 is 45.9 Å².